The molecule has 0 aliphatic carbocycles. The van der Waals surface area contributed by atoms with Gasteiger partial charge in [-0.1, -0.05) is 0 Å². The predicted octanol–water partition coefficient (Wildman–Crippen LogP) is 5.86. The van der Waals surface area contributed by atoms with Crippen LogP contribution in [0.15, 0.2) is 24.3 Å². The number of fused-ring (bicyclic) bond motifs is 1. The van der Waals surface area contributed by atoms with E-state index in [2.05, 4.69) is 97.6 Å². The van der Waals surface area contributed by atoms with E-state index in [0.717, 1.165) is 0 Å². The molecular formula is C18H34N2Si2Sn. The van der Waals surface area contributed by atoms with Gasteiger partial charge in [0.1, 0.15) is 0 Å². The first kappa shape index (κ1) is 19.4. The summed E-state index contributed by atoms with van der Waals surface area (Å²) in [6, 6.07) is 9.22. The summed E-state index contributed by atoms with van der Waals surface area (Å²) in [7, 11) is -3.03. The third-order valence-corrected chi connectivity index (χ3v) is 29.8. The molecule has 5 heteroatoms. The van der Waals surface area contributed by atoms with Crippen LogP contribution in [0.3, 0.4) is 0 Å². The van der Waals surface area contributed by atoms with Crippen molar-refractivity contribution in [2.45, 2.75) is 77.8 Å². The van der Waals surface area contributed by atoms with E-state index in [1.165, 1.54) is 11.4 Å². The summed E-state index contributed by atoms with van der Waals surface area (Å²) in [5.41, 5.74) is 3.08. The average molecular weight is 453 g/mol. The molecule has 0 bridgehead atoms. The summed E-state index contributed by atoms with van der Waals surface area (Å²) in [6.07, 6.45) is 0. The molecule has 1 aliphatic rings. The van der Waals surface area contributed by atoms with Gasteiger partial charge in [0, 0.05) is 0 Å². The predicted molar refractivity (Wildman–Crippen MR) is 112 cm³/mol. The summed E-state index contributed by atoms with van der Waals surface area (Å²) in [5, 5.41) is 0.786. The van der Waals surface area contributed by atoms with E-state index >= 15 is 0 Å². The van der Waals surface area contributed by atoms with Gasteiger partial charge in [0.2, 0.25) is 0 Å². The Morgan fingerprint density at radius 3 is 1.26 bits per heavy atom. The second-order valence-electron chi connectivity index (χ2n) is 9.88. The second-order valence-corrected chi connectivity index (χ2v) is 25.7. The fraction of sp³-hybridized carbons (Fsp3) is 0.667. The van der Waals surface area contributed by atoms with Crippen LogP contribution in [0.1, 0.15) is 41.5 Å². The number of nitrogens with zero attached hydrogens (tertiary/aromatic N) is 2. The van der Waals surface area contributed by atoms with E-state index in [1.54, 1.807) is 0 Å². The standard InChI is InChI=1S/C18H34N2Si2.Sn/c1-17(2,3)21(7,8)19-15-13-11-12-14-16(15)20-22(9,10)18(4,5)6;/h11-14H,1-10H3;/q-2;+2. The van der Waals surface area contributed by atoms with Gasteiger partial charge in [-0.25, -0.2) is 0 Å². The van der Waals surface area contributed by atoms with Crippen LogP contribution in [0.25, 0.3) is 0 Å². The molecule has 1 aromatic rings. The Bertz CT molecular complexity index is 534. The molecule has 0 saturated carbocycles. The quantitative estimate of drug-likeness (QED) is 0.518. The number of hydrogen-bond donors (Lipinski definition) is 0. The van der Waals surface area contributed by atoms with Crippen molar-refractivity contribution < 1.29 is 0 Å². The van der Waals surface area contributed by atoms with Crippen molar-refractivity contribution in [3.63, 3.8) is 0 Å². The van der Waals surface area contributed by atoms with Gasteiger partial charge in [-0.3, -0.25) is 0 Å². The van der Waals surface area contributed by atoms with Crippen molar-refractivity contribution in [2.75, 3.05) is 5.57 Å². The molecule has 23 heavy (non-hydrogen) atoms. The van der Waals surface area contributed by atoms with Crippen molar-refractivity contribution >= 4 is 49.5 Å². The maximum atomic E-state index is 2.94. The summed E-state index contributed by atoms with van der Waals surface area (Å²) in [6.45, 7) is 24.9. The van der Waals surface area contributed by atoms with Gasteiger partial charge in [-0.05, 0) is 0 Å². The zero-order chi connectivity index (χ0) is 17.8. The number of benzene rings is 1. The van der Waals surface area contributed by atoms with Gasteiger partial charge >= 0.3 is 157 Å². The third kappa shape index (κ3) is 3.15. The first-order valence-electron chi connectivity index (χ1n) is 8.67. The molecule has 2 radical (unpaired) electrons. The monoisotopic (exact) mass is 454 g/mol. The molecule has 2 nitrogen and oxygen atoms in total. The van der Waals surface area contributed by atoms with Gasteiger partial charge in [0.05, 0.1) is 0 Å². The molecule has 0 unspecified atom stereocenters. The van der Waals surface area contributed by atoms with Crippen LogP contribution in [0.5, 0.6) is 0 Å². The Balaban J connectivity index is 2.55. The molecule has 2 rings (SSSR count). The minimum absolute atomic E-state index is 0.393. The first-order chi connectivity index (χ1) is 10.2. The normalized spacial score (nSPS) is 16.8. The number of para-hydroxylation sites is 2. The molecular weight excluding hydrogens is 419 g/mol. The van der Waals surface area contributed by atoms with Crippen LogP contribution in [0, 0.1) is 0 Å². The molecule has 1 aliphatic heterocycles. The zero-order valence-electron chi connectivity index (χ0n) is 16.7. The van der Waals surface area contributed by atoms with Crippen LogP contribution < -0.4 is 5.57 Å². The number of rotatable bonds is 2. The molecule has 0 aromatic heterocycles. The zero-order valence-corrected chi connectivity index (χ0v) is 21.6. The average Bonchev–Trinajstić information content (AvgIpc) is 2.76. The Labute approximate surface area is 156 Å². The molecule has 128 valence electrons. The van der Waals surface area contributed by atoms with E-state index in [4.69, 9.17) is 0 Å². The molecule has 0 N–H and O–H groups in total. The van der Waals surface area contributed by atoms with Crippen molar-refractivity contribution in [3.8, 4) is 0 Å². The van der Waals surface area contributed by atoms with E-state index in [0.29, 0.717) is 10.1 Å². The third-order valence-electron chi connectivity index (χ3n) is 6.35. The van der Waals surface area contributed by atoms with E-state index in [1.807, 2.05) is 0 Å². The van der Waals surface area contributed by atoms with Gasteiger partial charge < -0.3 is 0 Å². The van der Waals surface area contributed by atoms with Crippen molar-refractivity contribution in [2.24, 2.45) is 0 Å². The van der Waals surface area contributed by atoms with Gasteiger partial charge in [0.15, 0.2) is 0 Å². The van der Waals surface area contributed by atoms with Crippen molar-refractivity contribution in [1.29, 1.82) is 0 Å². The molecule has 1 aromatic carbocycles. The Kier molecular flexibility index (Phi) is 4.89. The molecule has 0 atom stereocenters. The minimum atomic E-state index is -1.51. The van der Waals surface area contributed by atoms with Crippen LogP contribution >= 0.6 is 0 Å². The molecule has 0 spiro atoms. The number of hydrogen-bond acceptors (Lipinski definition) is 2. The molecule has 0 amide bonds. The second kappa shape index (κ2) is 5.80. The number of anilines is 2. The van der Waals surface area contributed by atoms with Gasteiger partial charge in [-0.2, -0.15) is 0 Å². The van der Waals surface area contributed by atoms with Crippen LogP contribution in [-0.2, 0) is 0 Å². The van der Waals surface area contributed by atoms with E-state index in [9.17, 15) is 0 Å². The SMILES string of the molecule is CC(C)(C)[Si](C)(C)[N]1[Sn][N]([Si](C)(C)C(C)(C)C)c2ccccc21. The van der Waals surface area contributed by atoms with Gasteiger partial charge in [0.25, 0.3) is 0 Å². The summed E-state index contributed by atoms with van der Waals surface area (Å²) in [4.78, 5) is 0. The van der Waals surface area contributed by atoms with Crippen LogP contribution in [0.2, 0.25) is 36.3 Å². The van der Waals surface area contributed by atoms with E-state index < -0.39 is 38.2 Å². The molecule has 1 heterocycles. The summed E-state index contributed by atoms with van der Waals surface area (Å²) < 4.78 is 5.87. The van der Waals surface area contributed by atoms with E-state index in [-0.39, 0.29) is 0 Å². The fourth-order valence-corrected chi connectivity index (χ4v) is 20.3. The van der Waals surface area contributed by atoms with Crippen LogP contribution in [0.4, 0.5) is 11.4 Å². The molecule has 0 fully saturated rings. The topological polar surface area (TPSA) is 6.48 Å². The van der Waals surface area contributed by atoms with Gasteiger partial charge in [-0.15, -0.1) is 0 Å². The van der Waals surface area contributed by atoms with Crippen LogP contribution in [-0.4, -0.2) is 38.2 Å². The summed E-state index contributed by atoms with van der Waals surface area (Å²) >= 11 is -0.804. The first-order valence-corrected chi connectivity index (χ1v) is 17.1. The Morgan fingerprint density at radius 1 is 0.696 bits per heavy atom. The van der Waals surface area contributed by atoms with Crippen molar-refractivity contribution in [3.05, 3.63) is 24.3 Å². The molecule has 0 saturated heterocycles. The van der Waals surface area contributed by atoms with Crippen molar-refractivity contribution in [1.82, 2.24) is 0 Å². The fourth-order valence-electron chi connectivity index (χ4n) is 2.57. The maximum absolute atomic E-state index is 2.94. The summed E-state index contributed by atoms with van der Waals surface area (Å²) in [5.74, 6) is 0. The Hall–Kier alpha value is 0.0525. The Morgan fingerprint density at radius 2 is 1.00 bits per heavy atom.